The first-order chi connectivity index (χ1) is 5.07. The van der Waals surface area contributed by atoms with Crippen LogP contribution in [0.2, 0.25) is 0 Å². The molecular formula is C8H16O3. The van der Waals surface area contributed by atoms with E-state index in [-0.39, 0.29) is 0 Å². The molecule has 0 spiro atoms. The average Bonchev–Trinajstić information content (AvgIpc) is 1.99. The van der Waals surface area contributed by atoms with Gasteiger partial charge >= 0.3 is 5.97 Å². The minimum Gasteiger partial charge on any atom is -0.463 e. The Morgan fingerprint density at radius 3 is 2.45 bits per heavy atom. The number of rotatable bonds is 4. The number of hydrogen-bond acceptors (Lipinski definition) is 3. The van der Waals surface area contributed by atoms with E-state index in [2.05, 4.69) is 0 Å². The lowest BCUT2D eigenvalue weighted by Crippen LogP contribution is -2.21. The summed E-state index contributed by atoms with van der Waals surface area (Å²) in [6.45, 7) is 5.83. The highest BCUT2D eigenvalue weighted by Gasteiger charge is 2.10. The molecule has 1 N–H and O–H groups in total. The van der Waals surface area contributed by atoms with Crippen LogP contribution in [0.4, 0.5) is 0 Å². The van der Waals surface area contributed by atoms with Crippen molar-refractivity contribution in [2.45, 2.75) is 33.3 Å². The van der Waals surface area contributed by atoms with Gasteiger partial charge in [0.05, 0.1) is 6.61 Å². The Balaban J connectivity index is 3.46. The summed E-state index contributed by atoms with van der Waals surface area (Å²) in [7, 11) is 0. The van der Waals surface area contributed by atoms with E-state index in [0.717, 1.165) is 6.42 Å². The number of carbonyl (C=O) groups excluding carboxylic acids is 1. The van der Waals surface area contributed by atoms with E-state index >= 15 is 0 Å². The predicted octanol–water partition coefficient (Wildman–Crippen LogP) is 0.956. The summed E-state index contributed by atoms with van der Waals surface area (Å²) in [5.74, 6) is -0.164. The van der Waals surface area contributed by atoms with Crippen LogP contribution in [-0.2, 0) is 9.53 Å². The first-order valence-corrected chi connectivity index (χ1v) is 3.92. The van der Waals surface area contributed by atoms with Crippen LogP contribution in [0.3, 0.4) is 0 Å². The van der Waals surface area contributed by atoms with Gasteiger partial charge in [-0.15, -0.1) is 0 Å². The maximum atomic E-state index is 10.7. The number of aliphatic hydroxyl groups is 1. The van der Waals surface area contributed by atoms with Crippen molar-refractivity contribution in [3.05, 3.63) is 0 Å². The molecule has 0 aliphatic heterocycles. The number of hydrogen-bond donors (Lipinski definition) is 1. The van der Waals surface area contributed by atoms with Gasteiger partial charge in [0.25, 0.3) is 0 Å². The van der Waals surface area contributed by atoms with Gasteiger partial charge in [0.15, 0.2) is 0 Å². The molecule has 0 fully saturated rings. The second kappa shape index (κ2) is 5.13. The third kappa shape index (κ3) is 4.79. The highest BCUT2D eigenvalue weighted by atomic mass is 16.5. The van der Waals surface area contributed by atoms with Crippen molar-refractivity contribution in [1.82, 2.24) is 0 Å². The molecule has 11 heavy (non-hydrogen) atoms. The molecule has 0 aliphatic rings. The van der Waals surface area contributed by atoms with E-state index in [1.807, 2.05) is 13.8 Å². The van der Waals surface area contributed by atoms with E-state index in [9.17, 15) is 4.79 Å². The maximum Gasteiger partial charge on any atom is 0.334 e. The number of carbonyl (C=O) groups is 1. The molecule has 0 aromatic heterocycles. The summed E-state index contributed by atoms with van der Waals surface area (Å²) in [5.41, 5.74) is 0. The Hall–Kier alpha value is -0.570. The summed E-state index contributed by atoms with van der Waals surface area (Å²) in [6, 6.07) is 0. The third-order valence-corrected chi connectivity index (χ3v) is 1.55. The van der Waals surface area contributed by atoms with Gasteiger partial charge < -0.3 is 9.84 Å². The Morgan fingerprint density at radius 1 is 1.55 bits per heavy atom. The summed E-state index contributed by atoms with van der Waals surface area (Å²) in [4.78, 5) is 10.7. The molecule has 66 valence electrons. The monoisotopic (exact) mass is 160 g/mol. The van der Waals surface area contributed by atoms with Gasteiger partial charge in [0.2, 0.25) is 0 Å². The zero-order valence-electron chi connectivity index (χ0n) is 7.33. The van der Waals surface area contributed by atoms with Crippen molar-refractivity contribution >= 4 is 5.97 Å². The molecular weight excluding hydrogens is 144 g/mol. The number of ether oxygens (including phenoxy) is 1. The smallest absolute Gasteiger partial charge is 0.334 e. The SMILES string of the molecule is CC[C@H](C)COC(=O)[C@@H](C)O. The first-order valence-electron chi connectivity index (χ1n) is 3.92. The molecule has 0 rings (SSSR count). The number of esters is 1. The lowest BCUT2D eigenvalue weighted by Gasteiger charge is -2.10. The van der Waals surface area contributed by atoms with Gasteiger partial charge in [-0.1, -0.05) is 20.3 Å². The highest BCUT2D eigenvalue weighted by Crippen LogP contribution is 2.01. The molecule has 0 aliphatic carbocycles. The van der Waals surface area contributed by atoms with Crippen LogP contribution < -0.4 is 0 Å². The summed E-state index contributed by atoms with van der Waals surface area (Å²) in [5, 5.41) is 8.73. The normalized spacial score (nSPS) is 15.6. The molecule has 0 amide bonds. The fourth-order valence-electron chi connectivity index (χ4n) is 0.463. The van der Waals surface area contributed by atoms with Crippen LogP contribution in [0.15, 0.2) is 0 Å². The minimum atomic E-state index is -1.00. The molecule has 3 heteroatoms. The highest BCUT2D eigenvalue weighted by molar-refractivity contribution is 5.73. The first kappa shape index (κ1) is 10.4. The van der Waals surface area contributed by atoms with E-state index in [4.69, 9.17) is 9.84 Å². The Labute approximate surface area is 67.4 Å². The van der Waals surface area contributed by atoms with Crippen molar-refractivity contribution in [2.24, 2.45) is 5.92 Å². The van der Waals surface area contributed by atoms with Crippen molar-refractivity contribution in [3.8, 4) is 0 Å². The third-order valence-electron chi connectivity index (χ3n) is 1.55. The van der Waals surface area contributed by atoms with Crippen LogP contribution in [0.25, 0.3) is 0 Å². The van der Waals surface area contributed by atoms with Crippen LogP contribution in [0.5, 0.6) is 0 Å². The average molecular weight is 160 g/mol. The molecule has 0 heterocycles. The van der Waals surface area contributed by atoms with Crippen LogP contribution in [-0.4, -0.2) is 23.8 Å². The zero-order valence-corrected chi connectivity index (χ0v) is 7.33. The van der Waals surface area contributed by atoms with Crippen LogP contribution in [0, 0.1) is 5.92 Å². The molecule has 2 atom stereocenters. The van der Waals surface area contributed by atoms with Crippen LogP contribution >= 0.6 is 0 Å². The van der Waals surface area contributed by atoms with E-state index in [1.54, 1.807) is 0 Å². The second-order valence-electron chi connectivity index (χ2n) is 2.82. The van der Waals surface area contributed by atoms with Gasteiger partial charge in [0.1, 0.15) is 6.10 Å². The molecule has 0 aromatic rings. The number of aliphatic hydroxyl groups excluding tert-OH is 1. The topological polar surface area (TPSA) is 46.5 Å². The Morgan fingerprint density at radius 2 is 2.09 bits per heavy atom. The fourth-order valence-corrected chi connectivity index (χ4v) is 0.463. The predicted molar refractivity (Wildman–Crippen MR) is 42.1 cm³/mol. The van der Waals surface area contributed by atoms with Crippen molar-refractivity contribution in [2.75, 3.05) is 6.61 Å². The lowest BCUT2D eigenvalue weighted by atomic mass is 10.1. The van der Waals surface area contributed by atoms with Gasteiger partial charge in [0, 0.05) is 0 Å². The summed E-state index contributed by atoms with van der Waals surface area (Å²) < 4.78 is 4.77. The van der Waals surface area contributed by atoms with Gasteiger partial charge in [-0.25, -0.2) is 4.79 Å². The largest absolute Gasteiger partial charge is 0.463 e. The standard InChI is InChI=1S/C8H16O3/c1-4-6(2)5-11-8(10)7(3)9/h6-7,9H,4-5H2,1-3H3/t6-,7+/m0/s1. The van der Waals surface area contributed by atoms with E-state index in [1.165, 1.54) is 6.92 Å². The maximum absolute atomic E-state index is 10.7. The fraction of sp³-hybridized carbons (Fsp3) is 0.875. The van der Waals surface area contributed by atoms with Crippen molar-refractivity contribution < 1.29 is 14.6 Å². The minimum absolute atomic E-state index is 0.373. The molecule has 0 radical (unpaired) electrons. The molecule has 0 unspecified atom stereocenters. The second-order valence-corrected chi connectivity index (χ2v) is 2.82. The van der Waals surface area contributed by atoms with E-state index < -0.39 is 12.1 Å². The van der Waals surface area contributed by atoms with Gasteiger partial charge in [-0.2, -0.15) is 0 Å². The molecule has 0 saturated heterocycles. The molecule has 0 saturated carbocycles. The van der Waals surface area contributed by atoms with Gasteiger partial charge in [-0.3, -0.25) is 0 Å². The van der Waals surface area contributed by atoms with Crippen LogP contribution in [0.1, 0.15) is 27.2 Å². The summed E-state index contributed by atoms with van der Waals surface area (Å²) in [6.07, 6.45) is -0.0216. The zero-order chi connectivity index (χ0) is 8.85. The summed E-state index contributed by atoms with van der Waals surface area (Å²) >= 11 is 0. The van der Waals surface area contributed by atoms with Crippen molar-refractivity contribution in [3.63, 3.8) is 0 Å². The Bertz CT molecular complexity index is 121. The van der Waals surface area contributed by atoms with Gasteiger partial charge in [-0.05, 0) is 12.8 Å². The molecule has 3 nitrogen and oxygen atoms in total. The van der Waals surface area contributed by atoms with Crippen molar-refractivity contribution in [1.29, 1.82) is 0 Å². The molecule has 0 aromatic carbocycles. The van der Waals surface area contributed by atoms with E-state index in [0.29, 0.717) is 12.5 Å². The quantitative estimate of drug-likeness (QED) is 0.623. The lowest BCUT2D eigenvalue weighted by molar-refractivity contribution is -0.153. The molecule has 0 bridgehead atoms. The Kier molecular flexibility index (Phi) is 4.86.